The number of thioether (sulfide) groups is 1. The Morgan fingerprint density at radius 1 is 1.06 bits per heavy atom. The molecule has 4 rings (SSSR count). The maximum atomic E-state index is 12.0. The van der Waals surface area contributed by atoms with Crippen LogP contribution in [0.4, 0.5) is 0 Å². The summed E-state index contributed by atoms with van der Waals surface area (Å²) in [7, 11) is 1.32. The van der Waals surface area contributed by atoms with Crippen molar-refractivity contribution in [2.45, 2.75) is 18.6 Å². The highest BCUT2D eigenvalue weighted by Crippen LogP contribution is 2.32. The van der Waals surface area contributed by atoms with Gasteiger partial charge in [-0.05, 0) is 67.2 Å². The molecule has 0 radical (unpaired) electrons. The summed E-state index contributed by atoms with van der Waals surface area (Å²) in [4.78, 5) is 23.6. The fraction of sp³-hybridized carbons (Fsp3) is 0.120. The molecule has 0 spiro atoms. The fourth-order valence-electron chi connectivity index (χ4n) is 3.30. The number of rotatable bonds is 8. The molecule has 0 bridgehead atoms. The number of carboxylic acids is 1. The van der Waals surface area contributed by atoms with Crippen molar-refractivity contribution in [3.05, 3.63) is 81.9 Å². The maximum Gasteiger partial charge on any atom is 0.342 e. The van der Waals surface area contributed by atoms with Crippen LogP contribution in [0.25, 0.3) is 28.8 Å². The minimum atomic E-state index is -1.12. The van der Waals surface area contributed by atoms with Crippen LogP contribution in [0.3, 0.4) is 0 Å². The number of hydrogen-bond acceptors (Lipinski definition) is 7. The number of benzene rings is 2. The van der Waals surface area contributed by atoms with E-state index in [9.17, 15) is 14.7 Å². The van der Waals surface area contributed by atoms with Crippen LogP contribution in [-0.4, -0.2) is 38.9 Å². The standard InChI is InChI=1S/C25H20ClN3O5S/c1-3-29-22(16-8-10-18(26)11-9-16)27-28-25(29)35-21(23(30)31)14-19-12-13-20(34-19)15-4-6-17(7-5-15)24(32)33-2/h4-14H,3H2,1-2H3,(H,30,31)/b21-14-. The van der Waals surface area contributed by atoms with Crippen LogP contribution >= 0.6 is 23.4 Å². The second-order valence-corrected chi connectivity index (χ2v) is 8.69. The minimum Gasteiger partial charge on any atom is -0.477 e. The molecule has 0 saturated heterocycles. The number of methoxy groups -OCH3 is 1. The second-order valence-electron chi connectivity index (χ2n) is 7.24. The van der Waals surface area contributed by atoms with E-state index in [-0.39, 0.29) is 4.91 Å². The molecule has 0 aliphatic rings. The lowest BCUT2D eigenvalue weighted by atomic mass is 10.1. The van der Waals surface area contributed by atoms with Gasteiger partial charge in [-0.15, -0.1) is 10.2 Å². The number of furan rings is 1. The van der Waals surface area contributed by atoms with Gasteiger partial charge in [-0.3, -0.25) is 0 Å². The topological polar surface area (TPSA) is 107 Å². The number of aliphatic carboxylic acids is 1. The zero-order valence-corrected chi connectivity index (χ0v) is 20.3. The summed E-state index contributed by atoms with van der Waals surface area (Å²) in [5.41, 5.74) is 1.98. The molecule has 0 amide bonds. The first-order valence-corrected chi connectivity index (χ1v) is 11.7. The van der Waals surface area contributed by atoms with Crippen LogP contribution in [0.2, 0.25) is 5.02 Å². The average molecular weight is 510 g/mol. The van der Waals surface area contributed by atoms with Crippen molar-refractivity contribution >= 4 is 41.4 Å². The van der Waals surface area contributed by atoms with Crippen LogP contribution in [0.1, 0.15) is 23.0 Å². The molecule has 10 heteroatoms. The number of carboxylic acid groups (broad SMARTS) is 1. The lowest BCUT2D eigenvalue weighted by Crippen LogP contribution is -2.02. The zero-order chi connectivity index (χ0) is 24.9. The van der Waals surface area contributed by atoms with Gasteiger partial charge in [-0.1, -0.05) is 23.7 Å². The van der Waals surface area contributed by atoms with E-state index in [1.807, 2.05) is 23.6 Å². The smallest absolute Gasteiger partial charge is 0.342 e. The molecule has 4 aromatic rings. The molecule has 0 fully saturated rings. The van der Waals surface area contributed by atoms with Crippen molar-refractivity contribution in [2.75, 3.05) is 7.11 Å². The molecule has 0 unspecified atom stereocenters. The largest absolute Gasteiger partial charge is 0.477 e. The highest BCUT2D eigenvalue weighted by atomic mass is 35.5. The predicted molar refractivity (Wildman–Crippen MR) is 133 cm³/mol. The van der Waals surface area contributed by atoms with E-state index in [1.165, 1.54) is 13.2 Å². The van der Waals surface area contributed by atoms with E-state index in [0.717, 1.165) is 22.9 Å². The van der Waals surface area contributed by atoms with Crippen molar-refractivity contribution in [2.24, 2.45) is 0 Å². The Labute approximate surface area is 210 Å². The van der Waals surface area contributed by atoms with E-state index >= 15 is 0 Å². The van der Waals surface area contributed by atoms with Gasteiger partial charge >= 0.3 is 11.9 Å². The molecule has 178 valence electrons. The van der Waals surface area contributed by atoms with Crippen LogP contribution in [0.15, 0.2) is 75.1 Å². The van der Waals surface area contributed by atoms with Crippen molar-refractivity contribution in [1.82, 2.24) is 14.8 Å². The SMILES string of the molecule is CCn1c(S/C(=C\c2ccc(-c3ccc(C(=O)OC)cc3)o2)C(=O)O)nnc1-c1ccc(Cl)cc1. The van der Waals surface area contributed by atoms with Crippen molar-refractivity contribution in [3.8, 4) is 22.7 Å². The third-order valence-corrected chi connectivity index (χ3v) is 6.29. The van der Waals surface area contributed by atoms with Crippen LogP contribution in [0, 0.1) is 0 Å². The molecule has 0 aliphatic carbocycles. The number of hydrogen-bond donors (Lipinski definition) is 1. The third kappa shape index (κ3) is 5.47. The highest BCUT2D eigenvalue weighted by molar-refractivity contribution is 8.04. The van der Waals surface area contributed by atoms with Gasteiger partial charge < -0.3 is 18.8 Å². The lowest BCUT2D eigenvalue weighted by Gasteiger charge is -2.07. The van der Waals surface area contributed by atoms with Crippen LogP contribution in [-0.2, 0) is 16.1 Å². The Hall–Kier alpha value is -3.82. The molecule has 2 aromatic heterocycles. The number of halogens is 1. The summed E-state index contributed by atoms with van der Waals surface area (Å²) in [5, 5.41) is 19.3. The molecule has 0 aliphatic heterocycles. The van der Waals surface area contributed by atoms with Crippen LogP contribution in [0.5, 0.6) is 0 Å². The Morgan fingerprint density at radius 2 is 1.74 bits per heavy atom. The highest BCUT2D eigenvalue weighted by Gasteiger charge is 2.19. The monoisotopic (exact) mass is 509 g/mol. The molecule has 0 atom stereocenters. The van der Waals surface area contributed by atoms with E-state index < -0.39 is 11.9 Å². The molecule has 35 heavy (non-hydrogen) atoms. The number of ether oxygens (including phenoxy) is 1. The summed E-state index contributed by atoms with van der Waals surface area (Å²) in [6.07, 6.45) is 1.44. The molecule has 2 heterocycles. The summed E-state index contributed by atoms with van der Waals surface area (Å²) in [6, 6.07) is 17.3. The van der Waals surface area contributed by atoms with Crippen molar-refractivity contribution < 1.29 is 23.8 Å². The molecule has 8 nitrogen and oxygen atoms in total. The number of carbonyl (C=O) groups excluding carboxylic acids is 1. The predicted octanol–water partition coefficient (Wildman–Crippen LogP) is 5.88. The van der Waals surface area contributed by atoms with Gasteiger partial charge in [0.2, 0.25) is 0 Å². The lowest BCUT2D eigenvalue weighted by molar-refractivity contribution is -0.131. The van der Waals surface area contributed by atoms with Gasteiger partial charge in [-0.2, -0.15) is 0 Å². The molecule has 1 N–H and O–H groups in total. The fourth-order valence-corrected chi connectivity index (χ4v) is 4.29. The van der Waals surface area contributed by atoms with Crippen molar-refractivity contribution in [1.29, 1.82) is 0 Å². The van der Waals surface area contributed by atoms with E-state index in [1.54, 1.807) is 48.5 Å². The Kier molecular flexibility index (Phi) is 7.38. The molecule has 0 saturated carbocycles. The first kappa shape index (κ1) is 24.3. The Morgan fingerprint density at radius 3 is 2.37 bits per heavy atom. The summed E-state index contributed by atoms with van der Waals surface area (Å²) in [5.74, 6) is -0.0327. The van der Waals surface area contributed by atoms with Gasteiger partial charge in [0.15, 0.2) is 11.0 Å². The molecular formula is C25H20ClN3O5S. The Balaban J connectivity index is 1.59. The quantitative estimate of drug-likeness (QED) is 0.178. The first-order chi connectivity index (χ1) is 16.9. The van der Waals surface area contributed by atoms with Gasteiger partial charge in [0.1, 0.15) is 16.4 Å². The Bertz CT molecular complexity index is 1390. The number of esters is 1. The van der Waals surface area contributed by atoms with E-state index in [2.05, 4.69) is 10.2 Å². The van der Waals surface area contributed by atoms with Crippen LogP contribution < -0.4 is 0 Å². The molecule has 2 aromatic carbocycles. The first-order valence-electron chi connectivity index (χ1n) is 10.5. The van der Waals surface area contributed by atoms with E-state index in [0.29, 0.717) is 39.6 Å². The maximum absolute atomic E-state index is 12.0. The van der Waals surface area contributed by atoms with E-state index in [4.69, 9.17) is 20.8 Å². The summed E-state index contributed by atoms with van der Waals surface area (Å²) >= 11 is 6.97. The second kappa shape index (κ2) is 10.6. The third-order valence-electron chi connectivity index (χ3n) is 5.04. The normalized spacial score (nSPS) is 11.5. The zero-order valence-electron chi connectivity index (χ0n) is 18.8. The van der Waals surface area contributed by atoms with Gasteiger partial charge in [0, 0.05) is 28.8 Å². The average Bonchev–Trinajstić information content (AvgIpc) is 3.50. The summed E-state index contributed by atoms with van der Waals surface area (Å²) in [6.45, 7) is 2.48. The minimum absolute atomic E-state index is 0.0247. The number of aromatic nitrogens is 3. The number of carbonyl (C=O) groups is 2. The van der Waals surface area contributed by atoms with Gasteiger partial charge in [-0.25, -0.2) is 9.59 Å². The van der Waals surface area contributed by atoms with Gasteiger partial charge in [0.05, 0.1) is 12.7 Å². The van der Waals surface area contributed by atoms with Crippen molar-refractivity contribution in [3.63, 3.8) is 0 Å². The molecular weight excluding hydrogens is 490 g/mol. The summed E-state index contributed by atoms with van der Waals surface area (Å²) < 4.78 is 12.4. The number of nitrogens with zero attached hydrogens (tertiary/aromatic N) is 3. The van der Waals surface area contributed by atoms with Gasteiger partial charge in [0.25, 0.3) is 0 Å².